The first-order chi connectivity index (χ1) is 4.31. The molecule has 0 aromatic rings. The third-order valence-electron chi connectivity index (χ3n) is 0.288. The summed E-state index contributed by atoms with van der Waals surface area (Å²) in [5.74, 6) is 0. The van der Waals surface area contributed by atoms with Crippen LogP contribution in [0.4, 0.5) is 0 Å². The summed E-state index contributed by atoms with van der Waals surface area (Å²) in [6.07, 6.45) is 0. The molecular weight excluding hydrogens is 358 g/mol. The Balaban J connectivity index is 2.88. The van der Waals surface area contributed by atoms with E-state index in [0.29, 0.717) is 4.61 Å². The van der Waals surface area contributed by atoms with Crippen molar-refractivity contribution in [2.75, 3.05) is 4.61 Å². The van der Waals surface area contributed by atoms with Crippen molar-refractivity contribution in [3.05, 3.63) is 0 Å². The van der Waals surface area contributed by atoms with Crippen LogP contribution in [-0.4, -0.2) is 15.2 Å². The molecule has 0 spiro atoms. The highest BCUT2D eigenvalue weighted by Crippen LogP contribution is 1.90. The summed E-state index contributed by atoms with van der Waals surface area (Å²) in [7, 11) is 0. The van der Waals surface area contributed by atoms with Crippen molar-refractivity contribution in [2.24, 2.45) is 0 Å². The molecular formula is CH4I2N2O4. The minimum absolute atomic E-state index is 0.104. The molecule has 0 aliphatic rings. The fourth-order valence-electron chi connectivity index (χ4n) is 0.0946. The van der Waals surface area contributed by atoms with E-state index >= 15 is 0 Å². The number of nitrogens with one attached hydrogen (secondary N) is 1. The predicted molar refractivity (Wildman–Crippen MR) is 42.9 cm³/mol. The summed E-state index contributed by atoms with van der Waals surface area (Å²) in [6, 6.07) is 0. The van der Waals surface area contributed by atoms with Crippen LogP contribution in [0.15, 0.2) is 0 Å². The zero-order chi connectivity index (χ0) is 7.11. The van der Waals surface area contributed by atoms with Crippen LogP contribution in [0.5, 0.6) is 0 Å². The molecule has 6 nitrogen and oxygen atoms in total. The Morgan fingerprint density at radius 1 is 1.67 bits per heavy atom. The van der Waals surface area contributed by atoms with Gasteiger partial charge in [0.05, 0.1) is 0 Å². The maximum Gasteiger partial charge on any atom is 0.143 e. The molecule has 0 bridgehead atoms. The van der Waals surface area contributed by atoms with Crippen LogP contribution in [0.3, 0.4) is 0 Å². The first-order valence-corrected chi connectivity index (χ1v) is 4.09. The van der Waals surface area contributed by atoms with Gasteiger partial charge >= 0.3 is 0 Å². The molecule has 0 atom stereocenters. The lowest BCUT2D eigenvalue weighted by atomic mass is 11.7. The molecule has 0 unspecified atom stereocenters. The summed E-state index contributed by atoms with van der Waals surface area (Å²) in [4.78, 5) is 8.55. The van der Waals surface area contributed by atoms with Gasteiger partial charge in [-0.05, 0) is 0 Å². The molecule has 0 aliphatic heterocycles. The Bertz CT molecular complexity index is 64.5. The van der Waals surface area contributed by atoms with Crippen molar-refractivity contribution < 1.29 is 18.2 Å². The van der Waals surface area contributed by atoms with Crippen LogP contribution in [0, 0.1) is 0 Å². The zero-order valence-electron chi connectivity index (χ0n) is 4.08. The van der Waals surface area contributed by atoms with Crippen LogP contribution < -0.4 is 5.64 Å². The lowest BCUT2D eigenvalue weighted by Crippen LogP contribution is -2.26. The molecule has 0 amide bonds. The van der Waals surface area contributed by atoms with E-state index in [4.69, 9.17) is 5.21 Å². The van der Waals surface area contributed by atoms with Gasteiger partial charge in [-0.25, -0.2) is 0 Å². The summed E-state index contributed by atoms with van der Waals surface area (Å²) in [6.45, 7) is 0. The van der Waals surface area contributed by atoms with Crippen molar-refractivity contribution in [2.45, 2.75) is 0 Å². The lowest BCUT2D eigenvalue weighted by molar-refractivity contribution is -0.506. The Morgan fingerprint density at radius 3 is 2.78 bits per heavy atom. The quantitative estimate of drug-likeness (QED) is 0.325. The molecule has 9 heavy (non-hydrogen) atoms. The van der Waals surface area contributed by atoms with Gasteiger partial charge in [0, 0.05) is 0 Å². The maximum absolute atomic E-state index is 8.32. The highest BCUT2D eigenvalue weighted by atomic mass is 127. The van der Waals surface area contributed by atoms with Gasteiger partial charge in [0.1, 0.15) is 33.0 Å². The van der Waals surface area contributed by atoms with Gasteiger partial charge in [-0.15, -0.1) is 4.94 Å². The highest BCUT2D eigenvalue weighted by molar-refractivity contribution is 14.1. The average Bonchev–Trinajstić information content (AvgIpc) is 1.89. The molecule has 0 fully saturated rings. The van der Waals surface area contributed by atoms with Crippen molar-refractivity contribution in [1.82, 2.24) is 11.0 Å². The topological polar surface area (TPSA) is 63.2 Å². The molecule has 8 heteroatoms. The second-order valence-corrected chi connectivity index (χ2v) is 1.75. The molecule has 0 rings (SSSR count). The van der Waals surface area contributed by atoms with E-state index in [1.165, 1.54) is 23.0 Å². The molecule has 56 valence electrons. The molecule has 0 heterocycles. The smallest absolute Gasteiger partial charge is 0.143 e. The number of nitrogens with zero attached hydrogens (tertiary/aromatic N) is 1. The molecule has 0 saturated heterocycles. The normalized spacial score (nSPS) is 10.7. The number of hydrogen-bond acceptors (Lipinski definition) is 6. The monoisotopic (exact) mass is 362 g/mol. The van der Waals surface area contributed by atoms with E-state index in [1.807, 2.05) is 28.2 Å². The Kier molecular flexibility index (Phi) is 8.32. The summed E-state index contributed by atoms with van der Waals surface area (Å²) >= 11 is 3.36. The summed E-state index contributed by atoms with van der Waals surface area (Å²) in [5.41, 5.74) is 1.92. The van der Waals surface area contributed by atoms with Crippen LogP contribution in [0.1, 0.15) is 0 Å². The first-order valence-electron chi connectivity index (χ1n) is 1.68. The molecule has 0 aromatic carbocycles. The van der Waals surface area contributed by atoms with Crippen molar-refractivity contribution in [3.63, 3.8) is 0 Å². The van der Waals surface area contributed by atoms with Gasteiger partial charge in [0.2, 0.25) is 0 Å². The van der Waals surface area contributed by atoms with E-state index in [0.717, 1.165) is 0 Å². The van der Waals surface area contributed by atoms with E-state index in [-0.39, 0.29) is 5.39 Å². The SMILES string of the molecule is ON(OI)ONOCI. The Labute approximate surface area is 79.0 Å². The number of halogens is 2. The van der Waals surface area contributed by atoms with Gasteiger partial charge in [-0.3, -0.25) is 10.0 Å². The van der Waals surface area contributed by atoms with Gasteiger partial charge in [0.15, 0.2) is 0 Å². The molecule has 0 saturated carbocycles. The minimum atomic E-state index is 0.104. The predicted octanol–water partition coefficient (Wildman–Crippen LogP) is 0.720. The van der Waals surface area contributed by atoms with Crippen molar-refractivity contribution in [1.29, 1.82) is 0 Å². The van der Waals surface area contributed by atoms with Gasteiger partial charge in [-0.1, -0.05) is 28.2 Å². The fraction of sp³-hybridized carbons (Fsp3) is 1.00. The fourth-order valence-corrected chi connectivity index (χ4v) is 0.302. The minimum Gasteiger partial charge on any atom is -0.264 e. The summed E-state index contributed by atoms with van der Waals surface area (Å²) in [5, 5.41) is 8.43. The molecule has 0 radical (unpaired) electrons. The van der Waals surface area contributed by atoms with Crippen molar-refractivity contribution in [3.8, 4) is 0 Å². The largest absolute Gasteiger partial charge is 0.264 e. The molecule has 0 aliphatic carbocycles. The van der Waals surface area contributed by atoms with E-state index in [2.05, 4.69) is 12.9 Å². The second-order valence-electron chi connectivity index (χ2n) is 0.735. The molecule has 2 N–H and O–H groups in total. The number of hydrogen-bond donors (Lipinski definition) is 2. The van der Waals surface area contributed by atoms with Gasteiger partial charge in [-0.2, -0.15) is 3.17 Å². The Hall–Kier alpha value is 1.22. The van der Waals surface area contributed by atoms with E-state index in [9.17, 15) is 0 Å². The van der Waals surface area contributed by atoms with Crippen LogP contribution in [-0.2, 0) is 12.9 Å². The molecule has 0 aromatic heterocycles. The van der Waals surface area contributed by atoms with Crippen LogP contribution >= 0.6 is 45.6 Å². The third-order valence-corrected chi connectivity index (χ3v) is 0.936. The standard InChI is InChI=1S/CH4I2N2O4/c2-1-7-4-9-5(6)8-3/h4,6H,1H2. The van der Waals surface area contributed by atoms with Crippen LogP contribution in [0.25, 0.3) is 0 Å². The van der Waals surface area contributed by atoms with Gasteiger partial charge < -0.3 is 0 Å². The van der Waals surface area contributed by atoms with Crippen LogP contribution in [0.2, 0.25) is 0 Å². The second kappa shape index (κ2) is 7.33. The lowest BCUT2D eigenvalue weighted by Gasteiger charge is -2.06. The van der Waals surface area contributed by atoms with E-state index in [1.54, 1.807) is 0 Å². The highest BCUT2D eigenvalue weighted by Gasteiger charge is 1.95. The number of alkyl halides is 1. The third kappa shape index (κ3) is 7.11. The maximum atomic E-state index is 8.32. The first kappa shape index (κ1) is 10.2. The van der Waals surface area contributed by atoms with E-state index < -0.39 is 0 Å². The Morgan fingerprint density at radius 2 is 2.33 bits per heavy atom. The van der Waals surface area contributed by atoms with Gasteiger partial charge in [0.25, 0.3) is 0 Å². The number of rotatable bonds is 5. The average molecular weight is 362 g/mol. The van der Waals surface area contributed by atoms with Crippen molar-refractivity contribution >= 4 is 45.6 Å². The summed E-state index contributed by atoms with van der Waals surface area (Å²) < 4.78 is 4.48. The zero-order valence-corrected chi connectivity index (χ0v) is 8.40.